The predicted octanol–water partition coefficient (Wildman–Crippen LogP) is 3.96. The summed E-state index contributed by atoms with van der Waals surface area (Å²) in [6.45, 7) is 3.29. The monoisotopic (exact) mass is 260 g/mol. The average molecular weight is 260 g/mol. The maximum absolute atomic E-state index is 4.25. The van der Waals surface area contributed by atoms with Crippen molar-refractivity contribution in [3.8, 4) is 0 Å². The Hall–Kier alpha value is -0.890. The first-order chi connectivity index (χ1) is 9.40. The second kappa shape index (κ2) is 8.31. The molecule has 1 unspecified atom stereocenters. The van der Waals surface area contributed by atoms with E-state index in [2.05, 4.69) is 29.4 Å². The second-order valence-corrected chi connectivity index (χ2v) is 5.83. The van der Waals surface area contributed by atoms with E-state index < -0.39 is 0 Å². The first kappa shape index (κ1) is 14.5. The second-order valence-electron chi connectivity index (χ2n) is 5.83. The molecule has 0 amide bonds. The molecule has 0 radical (unpaired) electrons. The molecule has 1 fully saturated rings. The molecule has 1 heterocycles. The highest BCUT2D eigenvalue weighted by Crippen LogP contribution is 2.26. The SMILES string of the molecule is CCNC(Cc1cccnc1)C1CCCCCCC1. The topological polar surface area (TPSA) is 24.9 Å². The summed E-state index contributed by atoms with van der Waals surface area (Å²) < 4.78 is 0. The molecule has 0 saturated heterocycles. The van der Waals surface area contributed by atoms with Crippen molar-refractivity contribution in [2.45, 2.75) is 64.3 Å². The van der Waals surface area contributed by atoms with Crippen molar-refractivity contribution < 1.29 is 0 Å². The van der Waals surface area contributed by atoms with Crippen molar-refractivity contribution in [1.29, 1.82) is 0 Å². The Morgan fingerprint density at radius 2 is 1.95 bits per heavy atom. The minimum Gasteiger partial charge on any atom is -0.314 e. The third-order valence-electron chi connectivity index (χ3n) is 4.36. The van der Waals surface area contributed by atoms with Gasteiger partial charge in [-0.3, -0.25) is 4.98 Å². The third kappa shape index (κ3) is 4.94. The van der Waals surface area contributed by atoms with Gasteiger partial charge in [-0.05, 0) is 43.4 Å². The van der Waals surface area contributed by atoms with Crippen molar-refractivity contribution in [2.75, 3.05) is 6.54 Å². The quantitative estimate of drug-likeness (QED) is 0.866. The van der Waals surface area contributed by atoms with Gasteiger partial charge in [0.15, 0.2) is 0 Å². The van der Waals surface area contributed by atoms with Crippen LogP contribution in [-0.4, -0.2) is 17.6 Å². The lowest BCUT2D eigenvalue weighted by atomic mass is 9.83. The van der Waals surface area contributed by atoms with Crippen LogP contribution in [0.3, 0.4) is 0 Å². The molecule has 1 atom stereocenters. The highest BCUT2D eigenvalue weighted by molar-refractivity contribution is 5.10. The van der Waals surface area contributed by atoms with Crippen molar-refractivity contribution in [2.24, 2.45) is 5.92 Å². The van der Waals surface area contributed by atoms with Gasteiger partial charge in [-0.2, -0.15) is 0 Å². The number of hydrogen-bond donors (Lipinski definition) is 1. The molecular weight excluding hydrogens is 232 g/mol. The van der Waals surface area contributed by atoms with Gasteiger partial charge >= 0.3 is 0 Å². The van der Waals surface area contributed by atoms with E-state index in [1.807, 2.05) is 12.4 Å². The van der Waals surface area contributed by atoms with Crippen LogP contribution in [0, 0.1) is 5.92 Å². The highest BCUT2D eigenvalue weighted by atomic mass is 14.9. The van der Waals surface area contributed by atoms with Gasteiger partial charge in [0.05, 0.1) is 0 Å². The summed E-state index contributed by atoms with van der Waals surface area (Å²) in [7, 11) is 0. The molecule has 0 aromatic carbocycles. The molecule has 1 aromatic heterocycles. The van der Waals surface area contributed by atoms with Crippen molar-refractivity contribution in [1.82, 2.24) is 10.3 Å². The standard InChI is InChI=1S/C17H28N2/c1-2-19-17(13-15-9-8-12-18-14-15)16-10-6-4-3-5-7-11-16/h8-9,12,14,16-17,19H,2-7,10-11,13H2,1H3. The van der Waals surface area contributed by atoms with Crippen LogP contribution < -0.4 is 5.32 Å². The molecule has 106 valence electrons. The van der Waals surface area contributed by atoms with E-state index in [0.717, 1.165) is 18.9 Å². The summed E-state index contributed by atoms with van der Waals surface area (Å²) in [4.78, 5) is 4.25. The largest absolute Gasteiger partial charge is 0.314 e. The maximum atomic E-state index is 4.25. The van der Waals surface area contributed by atoms with Gasteiger partial charge in [0.1, 0.15) is 0 Å². The molecular formula is C17H28N2. The van der Waals surface area contributed by atoms with Crippen LogP contribution in [0.2, 0.25) is 0 Å². The summed E-state index contributed by atoms with van der Waals surface area (Å²) >= 11 is 0. The molecule has 2 rings (SSSR count). The van der Waals surface area contributed by atoms with E-state index >= 15 is 0 Å². The molecule has 1 saturated carbocycles. The number of aromatic nitrogens is 1. The van der Waals surface area contributed by atoms with Crippen LogP contribution in [0.4, 0.5) is 0 Å². The third-order valence-corrected chi connectivity index (χ3v) is 4.36. The maximum Gasteiger partial charge on any atom is 0.0300 e. The van der Waals surface area contributed by atoms with Gasteiger partial charge in [-0.15, -0.1) is 0 Å². The predicted molar refractivity (Wildman–Crippen MR) is 81.2 cm³/mol. The Morgan fingerprint density at radius 1 is 1.21 bits per heavy atom. The van der Waals surface area contributed by atoms with Gasteiger partial charge in [0, 0.05) is 18.4 Å². The minimum atomic E-state index is 0.632. The van der Waals surface area contributed by atoms with Crippen molar-refractivity contribution >= 4 is 0 Å². The zero-order valence-electron chi connectivity index (χ0n) is 12.3. The Bertz CT molecular complexity index is 328. The van der Waals surface area contributed by atoms with Crippen molar-refractivity contribution in [3.63, 3.8) is 0 Å². The van der Waals surface area contributed by atoms with Crippen LogP contribution in [0.1, 0.15) is 57.4 Å². The molecule has 1 aliphatic carbocycles. The number of likely N-dealkylation sites (N-methyl/N-ethyl adjacent to an activating group) is 1. The number of hydrogen-bond acceptors (Lipinski definition) is 2. The first-order valence-electron chi connectivity index (χ1n) is 8.02. The summed E-state index contributed by atoms with van der Waals surface area (Å²) in [6.07, 6.45) is 15.0. The highest BCUT2D eigenvalue weighted by Gasteiger charge is 2.21. The fourth-order valence-corrected chi connectivity index (χ4v) is 3.33. The smallest absolute Gasteiger partial charge is 0.0300 e. The number of nitrogens with one attached hydrogen (secondary N) is 1. The van der Waals surface area contributed by atoms with Crippen molar-refractivity contribution in [3.05, 3.63) is 30.1 Å². The lowest BCUT2D eigenvalue weighted by Gasteiger charge is -2.29. The molecule has 1 N–H and O–H groups in total. The number of rotatable bonds is 5. The van der Waals surface area contributed by atoms with Crippen LogP contribution in [-0.2, 0) is 6.42 Å². The number of pyridine rings is 1. The first-order valence-corrected chi connectivity index (χ1v) is 8.02. The van der Waals surface area contributed by atoms with Crippen LogP contribution >= 0.6 is 0 Å². The minimum absolute atomic E-state index is 0.632. The lowest BCUT2D eigenvalue weighted by molar-refractivity contribution is 0.286. The summed E-state index contributed by atoms with van der Waals surface area (Å²) in [6, 6.07) is 4.89. The fourth-order valence-electron chi connectivity index (χ4n) is 3.33. The molecule has 1 aliphatic rings. The Morgan fingerprint density at radius 3 is 2.58 bits per heavy atom. The van der Waals surface area contributed by atoms with Crippen LogP contribution in [0.15, 0.2) is 24.5 Å². The zero-order valence-corrected chi connectivity index (χ0v) is 12.3. The van der Waals surface area contributed by atoms with E-state index in [1.54, 1.807) is 0 Å². The van der Waals surface area contributed by atoms with Gasteiger partial charge in [0.2, 0.25) is 0 Å². The lowest BCUT2D eigenvalue weighted by Crippen LogP contribution is -2.38. The van der Waals surface area contributed by atoms with Crippen LogP contribution in [0.25, 0.3) is 0 Å². The molecule has 1 aromatic rings. The molecule has 0 aliphatic heterocycles. The Labute approximate surface area is 118 Å². The summed E-state index contributed by atoms with van der Waals surface area (Å²) in [5, 5.41) is 3.72. The number of nitrogens with zero attached hydrogens (tertiary/aromatic N) is 1. The van der Waals surface area contributed by atoms with E-state index in [1.165, 1.54) is 50.5 Å². The van der Waals surface area contributed by atoms with Crippen LogP contribution in [0.5, 0.6) is 0 Å². The van der Waals surface area contributed by atoms with E-state index in [0.29, 0.717) is 6.04 Å². The van der Waals surface area contributed by atoms with Gasteiger partial charge in [-0.1, -0.05) is 45.1 Å². The molecule has 19 heavy (non-hydrogen) atoms. The normalized spacial score (nSPS) is 19.6. The molecule has 2 heteroatoms. The summed E-state index contributed by atoms with van der Waals surface area (Å²) in [5.74, 6) is 0.848. The average Bonchev–Trinajstić information content (AvgIpc) is 2.39. The van der Waals surface area contributed by atoms with Gasteiger partial charge in [0.25, 0.3) is 0 Å². The Kier molecular flexibility index (Phi) is 6.35. The molecule has 2 nitrogen and oxygen atoms in total. The molecule has 0 spiro atoms. The van der Waals surface area contributed by atoms with Gasteiger partial charge < -0.3 is 5.32 Å². The Balaban J connectivity index is 1.96. The fraction of sp³-hybridized carbons (Fsp3) is 0.706. The van der Waals surface area contributed by atoms with E-state index in [9.17, 15) is 0 Å². The van der Waals surface area contributed by atoms with E-state index in [4.69, 9.17) is 0 Å². The zero-order chi connectivity index (χ0) is 13.3. The van der Waals surface area contributed by atoms with Gasteiger partial charge in [-0.25, -0.2) is 0 Å². The molecule has 0 bridgehead atoms. The summed E-state index contributed by atoms with van der Waals surface area (Å²) in [5.41, 5.74) is 1.37. The van der Waals surface area contributed by atoms with E-state index in [-0.39, 0.29) is 0 Å².